The number of para-hydroxylation sites is 8. The quantitative estimate of drug-likeness (QED) is 0.126. The molecule has 0 saturated heterocycles. The third kappa shape index (κ3) is 8.79. The molecule has 0 N–H and O–H groups in total. The van der Waals surface area contributed by atoms with E-state index in [-0.39, 0.29) is 36.8 Å². The third-order valence-corrected chi connectivity index (χ3v) is 20.9. The molecular formula is C84H73B3N6. The van der Waals surface area contributed by atoms with E-state index in [1.165, 1.54) is 100 Å². The summed E-state index contributed by atoms with van der Waals surface area (Å²) in [7, 11) is 0. The van der Waals surface area contributed by atoms with Crippen molar-refractivity contribution in [3.63, 3.8) is 0 Å². The average molecular weight is 1200 g/mol. The molecule has 12 aromatic rings. The maximum absolute atomic E-state index is 2.79. The molecule has 5 aliphatic heterocycles. The Kier molecular flexibility index (Phi) is 13.2. The minimum absolute atomic E-state index is 0.00833. The van der Waals surface area contributed by atoms with Crippen LogP contribution in [-0.2, 0) is 5.41 Å². The second kappa shape index (κ2) is 21.6. The predicted molar refractivity (Wildman–Crippen MR) is 401 cm³/mol. The van der Waals surface area contributed by atoms with Gasteiger partial charge < -0.3 is 29.4 Å². The summed E-state index contributed by atoms with van der Waals surface area (Å²) in [6.45, 7) is 20.0. The Hall–Kier alpha value is -10.4. The molecule has 5 aliphatic rings. The maximum atomic E-state index is 2.79. The minimum atomic E-state index is -0.140. The van der Waals surface area contributed by atoms with Crippen molar-refractivity contribution >= 4 is 161 Å². The third-order valence-electron chi connectivity index (χ3n) is 20.9. The summed E-state index contributed by atoms with van der Waals surface area (Å²) < 4.78 is 0. The molecule has 93 heavy (non-hydrogen) atoms. The number of anilines is 17. The number of hydrogen-bond acceptors (Lipinski definition) is 6. The second-order valence-corrected chi connectivity index (χ2v) is 28.0. The summed E-state index contributed by atoms with van der Waals surface area (Å²) in [6.07, 6.45) is 0. The molecule has 6 nitrogen and oxygen atoms in total. The topological polar surface area (TPSA) is 19.4 Å². The van der Waals surface area contributed by atoms with Crippen LogP contribution in [0.3, 0.4) is 0 Å². The summed E-state index contributed by atoms with van der Waals surface area (Å²) in [4.78, 5) is 15.6. The normalized spacial score (nSPS) is 14.1. The van der Waals surface area contributed by atoms with Crippen molar-refractivity contribution in [2.45, 2.75) is 66.6 Å². The van der Waals surface area contributed by atoms with Gasteiger partial charge in [0.2, 0.25) is 6.71 Å². The molecule has 448 valence electrons. The van der Waals surface area contributed by atoms with Crippen LogP contribution in [0.1, 0.15) is 61.0 Å². The molecule has 1 atom stereocenters. The fraction of sp³-hybridized carbons (Fsp3) is 0.143. The first-order valence-corrected chi connectivity index (χ1v) is 33.3. The smallest absolute Gasteiger partial charge is 0.252 e. The van der Waals surface area contributed by atoms with Crippen molar-refractivity contribution in [2.24, 2.45) is 5.41 Å². The van der Waals surface area contributed by atoms with E-state index in [2.05, 4.69) is 364 Å². The van der Waals surface area contributed by atoms with Gasteiger partial charge in [0, 0.05) is 91.9 Å². The molecular weight excluding hydrogens is 1130 g/mol. The number of benzene rings is 12. The summed E-state index contributed by atoms with van der Waals surface area (Å²) in [5.41, 5.74) is 31.8. The van der Waals surface area contributed by atoms with Crippen molar-refractivity contribution in [1.82, 2.24) is 0 Å². The van der Waals surface area contributed by atoms with Crippen molar-refractivity contribution in [3.05, 3.63) is 285 Å². The monoisotopic (exact) mass is 1200 g/mol. The van der Waals surface area contributed by atoms with E-state index in [0.717, 1.165) is 52.0 Å². The van der Waals surface area contributed by atoms with Gasteiger partial charge in [0.05, 0.1) is 11.4 Å². The summed E-state index contributed by atoms with van der Waals surface area (Å²) in [5, 5.41) is 0. The lowest BCUT2D eigenvalue weighted by molar-refractivity contribution is 0.394. The SMILES string of the molecule is CCN1c2cc(N(c3ccccc3)c3ccccc3)cc3c2B(c2ccccc2N3c2ccccc2)c2cc3c4c(c21)B(C(C)C(C)(C)C)c1ccc(C(C)(C)C)cc1N4c1cc(N(c2ccccc2)c2ccccc2)cc2c1B3c1ccccc1N2c1ccccc1. The maximum Gasteiger partial charge on any atom is 0.252 e. The van der Waals surface area contributed by atoms with Crippen molar-refractivity contribution < 1.29 is 0 Å². The van der Waals surface area contributed by atoms with E-state index in [0.29, 0.717) is 0 Å². The standard InChI is InChI=1S/C84H73B3N6/c1-9-88-74-51-64(89(58-32-16-10-17-33-58)59-34-18-11-19-35-59)52-75-78(74)86(66-44-28-30-46-71(66)91(75)62-40-24-14-25-41-62)69-55-70-82-80(81(69)88)85(56(2)83(3,4)5)68-49-48-57(84(6,7)8)50-73(68)93(82)77-54-65(90(60-36-20-12-21-37-60)61-38-22-13-23-39-61)53-76-79(77)87(70)67-45-29-31-47-72(67)92(76)63-42-26-15-27-43-63/h10-56H,9H2,1-8H3. The Labute approximate surface area is 549 Å². The molecule has 12 aromatic carbocycles. The molecule has 0 amide bonds. The average Bonchev–Trinajstić information content (AvgIpc) is 0.669. The van der Waals surface area contributed by atoms with Crippen LogP contribution in [0.15, 0.2) is 279 Å². The number of rotatable bonds is 10. The lowest BCUT2D eigenvalue weighted by Gasteiger charge is -2.52. The highest BCUT2D eigenvalue weighted by atomic mass is 15.2. The van der Waals surface area contributed by atoms with Gasteiger partial charge in [-0.1, -0.05) is 224 Å². The predicted octanol–water partition coefficient (Wildman–Crippen LogP) is 17.1. The van der Waals surface area contributed by atoms with Crippen molar-refractivity contribution in [3.8, 4) is 0 Å². The Morgan fingerprint density at radius 3 is 1.15 bits per heavy atom. The first kappa shape index (κ1) is 56.6. The van der Waals surface area contributed by atoms with Crippen LogP contribution in [0, 0.1) is 5.41 Å². The zero-order valence-corrected chi connectivity index (χ0v) is 54.3. The van der Waals surface area contributed by atoms with E-state index in [1.54, 1.807) is 0 Å². The molecule has 0 spiro atoms. The van der Waals surface area contributed by atoms with Crippen LogP contribution in [-0.4, -0.2) is 26.7 Å². The van der Waals surface area contributed by atoms with Gasteiger partial charge in [0.15, 0.2) is 0 Å². The molecule has 17 rings (SSSR count). The summed E-state index contributed by atoms with van der Waals surface area (Å²) in [6, 6.07) is 105. The van der Waals surface area contributed by atoms with Crippen LogP contribution in [0.25, 0.3) is 0 Å². The first-order valence-electron chi connectivity index (χ1n) is 33.3. The highest BCUT2D eigenvalue weighted by Crippen LogP contribution is 2.53. The van der Waals surface area contributed by atoms with Crippen molar-refractivity contribution in [1.29, 1.82) is 0 Å². The van der Waals surface area contributed by atoms with Gasteiger partial charge in [0.1, 0.15) is 0 Å². The van der Waals surface area contributed by atoms with Gasteiger partial charge in [-0.3, -0.25) is 0 Å². The fourth-order valence-corrected chi connectivity index (χ4v) is 16.3. The van der Waals surface area contributed by atoms with E-state index < -0.39 is 0 Å². The van der Waals surface area contributed by atoms with Gasteiger partial charge in [-0.15, -0.1) is 0 Å². The molecule has 5 heterocycles. The second-order valence-electron chi connectivity index (χ2n) is 28.0. The Balaban J connectivity index is 1.04. The Morgan fingerprint density at radius 1 is 0.333 bits per heavy atom. The van der Waals surface area contributed by atoms with Gasteiger partial charge in [0.25, 0.3) is 13.4 Å². The van der Waals surface area contributed by atoms with Crippen LogP contribution in [0.5, 0.6) is 0 Å². The first-order chi connectivity index (χ1) is 45.4. The van der Waals surface area contributed by atoms with Crippen LogP contribution < -0.4 is 73.1 Å². The van der Waals surface area contributed by atoms with Gasteiger partial charge in [-0.2, -0.15) is 0 Å². The molecule has 0 saturated carbocycles. The molecule has 0 fully saturated rings. The van der Waals surface area contributed by atoms with Gasteiger partial charge in [-0.05, 0) is 177 Å². The summed E-state index contributed by atoms with van der Waals surface area (Å²) >= 11 is 0. The number of hydrogen-bond donors (Lipinski definition) is 0. The number of nitrogens with zero attached hydrogens (tertiary/aromatic N) is 6. The highest BCUT2D eigenvalue weighted by Gasteiger charge is 2.54. The van der Waals surface area contributed by atoms with Crippen LogP contribution in [0.4, 0.5) is 96.7 Å². The Morgan fingerprint density at radius 2 is 0.720 bits per heavy atom. The molecule has 0 aliphatic carbocycles. The van der Waals surface area contributed by atoms with Crippen LogP contribution >= 0.6 is 0 Å². The van der Waals surface area contributed by atoms with Gasteiger partial charge in [-0.25, -0.2) is 0 Å². The van der Waals surface area contributed by atoms with E-state index in [1.807, 2.05) is 0 Å². The lowest BCUT2D eigenvalue weighted by atomic mass is 9.24. The molecule has 0 aromatic heterocycles. The lowest BCUT2D eigenvalue weighted by Crippen LogP contribution is -2.70. The van der Waals surface area contributed by atoms with E-state index in [9.17, 15) is 0 Å². The Bertz CT molecular complexity index is 4800. The fourth-order valence-electron chi connectivity index (χ4n) is 16.3. The zero-order chi connectivity index (χ0) is 63.0. The number of fused-ring (bicyclic) bond motifs is 11. The van der Waals surface area contributed by atoms with Gasteiger partial charge >= 0.3 is 0 Å². The van der Waals surface area contributed by atoms with Crippen molar-refractivity contribution in [2.75, 3.05) is 35.9 Å². The zero-order valence-electron chi connectivity index (χ0n) is 54.3. The minimum Gasteiger partial charge on any atom is -0.343 e. The highest BCUT2D eigenvalue weighted by molar-refractivity contribution is 7.05. The van der Waals surface area contributed by atoms with Crippen LogP contribution in [0.2, 0.25) is 5.82 Å². The largest absolute Gasteiger partial charge is 0.343 e. The molecule has 9 heteroatoms. The molecule has 0 radical (unpaired) electrons. The summed E-state index contributed by atoms with van der Waals surface area (Å²) in [5.74, 6) is 0.192. The molecule has 0 bridgehead atoms. The van der Waals surface area contributed by atoms with E-state index in [4.69, 9.17) is 0 Å². The molecule has 1 unspecified atom stereocenters. The van der Waals surface area contributed by atoms with E-state index >= 15 is 0 Å².